The van der Waals surface area contributed by atoms with Gasteiger partial charge in [0.2, 0.25) is 0 Å². The second-order valence-electron chi connectivity index (χ2n) is 9.72. The van der Waals surface area contributed by atoms with Crippen molar-refractivity contribution < 1.29 is 19.0 Å². The first-order chi connectivity index (χ1) is 19.1. The average molecular weight is 526 g/mol. The summed E-state index contributed by atoms with van der Waals surface area (Å²) in [4.78, 5) is 24.5. The van der Waals surface area contributed by atoms with Gasteiger partial charge in [0.05, 0.1) is 33.0 Å². The Bertz CT molecular complexity index is 1480. The lowest BCUT2D eigenvalue weighted by Gasteiger charge is -2.29. The van der Waals surface area contributed by atoms with Gasteiger partial charge in [0.15, 0.2) is 17.3 Å². The summed E-state index contributed by atoms with van der Waals surface area (Å²) in [6.45, 7) is 3.25. The fourth-order valence-electron chi connectivity index (χ4n) is 4.66. The maximum atomic E-state index is 12.4. The largest absolute Gasteiger partial charge is 0.493 e. The molecule has 39 heavy (non-hydrogen) atoms. The number of benzene rings is 3. The number of amides is 1. The summed E-state index contributed by atoms with van der Waals surface area (Å²) in [6.07, 6.45) is 2.10. The van der Waals surface area contributed by atoms with Crippen molar-refractivity contribution in [3.8, 4) is 22.9 Å². The van der Waals surface area contributed by atoms with Crippen LogP contribution < -0.4 is 25.0 Å². The molecule has 2 heterocycles. The monoisotopic (exact) mass is 525 g/mol. The van der Waals surface area contributed by atoms with Crippen molar-refractivity contribution in [2.45, 2.75) is 18.9 Å². The number of nitrogens with zero attached hydrogens (tertiary/aromatic N) is 3. The van der Waals surface area contributed by atoms with E-state index in [0.29, 0.717) is 40.3 Å². The third-order valence-electron chi connectivity index (χ3n) is 7.03. The maximum absolute atomic E-state index is 12.4. The van der Waals surface area contributed by atoms with Gasteiger partial charge in [-0.15, -0.1) is 0 Å². The molecule has 0 atom stereocenters. The molecule has 4 aromatic rings. The Hall–Kier alpha value is -4.37. The minimum atomic E-state index is -0.0526. The number of anilines is 3. The lowest BCUT2D eigenvalue weighted by atomic mass is 10.1. The van der Waals surface area contributed by atoms with Gasteiger partial charge in [-0.05, 0) is 55.3 Å². The van der Waals surface area contributed by atoms with E-state index in [1.165, 1.54) is 0 Å². The molecule has 1 aromatic heterocycles. The van der Waals surface area contributed by atoms with E-state index in [1.807, 2.05) is 48.5 Å². The first-order valence-electron chi connectivity index (χ1n) is 13.2. The minimum Gasteiger partial charge on any atom is -0.493 e. The van der Waals surface area contributed by atoms with E-state index in [4.69, 9.17) is 24.2 Å². The van der Waals surface area contributed by atoms with Crippen molar-refractivity contribution in [1.29, 1.82) is 0 Å². The van der Waals surface area contributed by atoms with E-state index in [9.17, 15) is 4.79 Å². The average Bonchev–Trinajstić information content (AvgIpc) is 3.81. The number of methoxy groups -OCH3 is 2. The molecule has 1 aliphatic heterocycles. The van der Waals surface area contributed by atoms with Crippen LogP contribution in [0, 0.1) is 0 Å². The van der Waals surface area contributed by atoms with Crippen LogP contribution in [0.3, 0.4) is 0 Å². The highest BCUT2D eigenvalue weighted by Crippen LogP contribution is 2.36. The highest BCUT2D eigenvalue weighted by atomic mass is 16.5. The van der Waals surface area contributed by atoms with Gasteiger partial charge in [-0.3, -0.25) is 4.79 Å². The SMILES string of the molecule is COc1cc2nc(-c3ccc(C(=O)NC4CC4)cc3)nc(Nc3ccc(N4CCOCC4)cc3)c2cc1OC. The summed E-state index contributed by atoms with van der Waals surface area (Å²) in [6, 6.07) is 19.7. The molecular formula is C30H31N5O4. The van der Waals surface area contributed by atoms with Gasteiger partial charge in [0, 0.05) is 53.1 Å². The number of rotatable bonds is 8. The van der Waals surface area contributed by atoms with Crippen LogP contribution in [0.15, 0.2) is 60.7 Å². The third-order valence-corrected chi connectivity index (χ3v) is 7.03. The summed E-state index contributed by atoms with van der Waals surface area (Å²) in [5, 5.41) is 7.30. The first kappa shape index (κ1) is 24.9. The standard InChI is InChI=1S/C30H31N5O4/c1-37-26-17-24-25(18-27(26)38-2)33-28(19-3-5-20(6-4-19)30(36)32-22-7-8-22)34-29(24)31-21-9-11-23(12-10-21)35-13-15-39-16-14-35/h3-6,9-12,17-18,22H,7-8,13-16H2,1-2H3,(H,32,36)(H,31,33,34). The van der Waals surface area contributed by atoms with Gasteiger partial charge in [-0.25, -0.2) is 9.97 Å². The zero-order valence-electron chi connectivity index (χ0n) is 22.1. The van der Waals surface area contributed by atoms with Gasteiger partial charge in [0.25, 0.3) is 5.91 Å². The van der Waals surface area contributed by atoms with Crippen LogP contribution in [-0.4, -0.2) is 62.4 Å². The van der Waals surface area contributed by atoms with Crippen LogP contribution in [-0.2, 0) is 4.74 Å². The van der Waals surface area contributed by atoms with Gasteiger partial charge in [-0.2, -0.15) is 0 Å². The maximum Gasteiger partial charge on any atom is 0.251 e. The molecule has 0 radical (unpaired) electrons. The van der Waals surface area contributed by atoms with Crippen molar-refractivity contribution in [1.82, 2.24) is 15.3 Å². The number of carbonyl (C=O) groups is 1. The van der Waals surface area contributed by atoms with Crippen molar-refractivity contribution >= 4 is 34.0 Å². The zero-order valence-corrected chi connectivity index (χ0v) is 22.1. The Balaban J connectivity index is 1.34. The third kappa shape index (κ3) is 5.44. The molecule has 6 rings (SSSR count). The van der Waals surface area contributed by atoms with Crippen LogP contribution in [0.1, 0.15) is 23.2 Å². The first-order valence-corrected chi connectivity index (χ1v) is 13.2. The molecule has 2 fully saturated rings. The number of nitrogens with one attached hydrogen (secondary N) is 2. The second kappa shape index (κ2) is 10.8. The van der Waals surface area contributed by atoms with Gasteiger partial charge >= 0.3 is 0 Å². The van der Waals surface area contributed by atoms with Gasteiger partial charge in [0.1, 0.15) is 5.82 Å². The summed E-state index contributed by atoms with van der Waals surface area (Å²) < 4.78 is 16.6. The van der Waals surface area contributed by atoms with Crippen molar-refractivity contribution in [3.05, 3.63) is 66.2 Å². The number of morpholine rings is 1. The predicted molar refractivity (Wildman–Crippen MR) is 151 cm³/mol. The smallest absolute Gasteiger partial charge is 0.251 e. The summed E-state index contributed by atoms with van der Waals surface area (Å²) >= 11 is 0. The zero-order chi connectivity index (χ0) is 26.8. The molecule has 1 saturated heterocycles. The minimum absolute atomic E-state index is 0.0526. The molecule has 0 unspecified atom stereocenters. The summed E-state index contributed by atoms with van der Waals surface area (Å²) in [5.74, 6) is 2.31. The van der Waals surface area contributed by atoms with Gasteiger partial charge in [-0.1, -0.05) is 12.1 Å². The van der Waals surface area contributed by atoms with Gasteiger partial charge < -0.3 is 29.7 Å². The predicted octanol–water partition coefficient (Wildman–Crippen LogP) is 4.79. The quantitative estimate of drug-likeness (QED) is 0.339. The van der Waals surface area contributed by atoms with E-state index in [2.05, 4.69) is 27.7 Å². The van der Waals surface area contributed by atoms with Crippen LogP contribution in [0.5, 0.6) is 11.5 Å². The highest BCUT2D eigenvalue weighted by Gasteiger charge is 2.24. The van der Waals surface area contributed by atoms with E-state index in [0.717, 1.165) is 61.5 Å². The van der Waals surface area contributed by atoms with Crippen molar-refractivity contribution in [2.24, 2.45) is 0 Å². The topological polar surface area (TPSA) is 97.8 Å². The molecule has 1 aliphatic carbocycles. The fraction of sp³-hybridized carbons (Fsp3) is 0.300. The lowest BCUT2D eigenvalue weighted by molar-refractivity contribution is 0.0951. The summed E-state index contributed by atoms with van der Waals surface area (Å²) in [7, 11) is 3.21. The fourth-order valence-corrected chi connectivity index (χ4v) is 4.66. The number of aromatic nitrogens is 2. The lowest BCUT2D eigenvalue weighted by Crippen LogP contribution is -2.36. The van der Waals surface area contributed by atoms with E-state index in [1.54, 1.807) is 14.2 Å². The Morgan fingerprint density at radius 1 is 0.923 bits per heavy atom. The number of hydrogen-bond donors (Lipinski definition) is 2. The molecule has 0 bridgehead atoms. The molecule has 1 amide bonds. The van der Waals surface area contributed by atoms with E-state index < -0.39 is 0 Å². The molecule has 2 N–H and O–H groups in total. The van der Waals surface area contributed by atoms with E-state index >= 15 is 0 Å². The summed E-state index contributed by atoms with van der Waals surface area (Å²) in [5.41, 5.74) is 4.20. The van der Waals surface area contributed by atoms with Crippen LogP contribution >= 0.6 is 0 Å². The second-order valence-corrected chi connectivity index (χ2v) is 9.72. The Labute approximate surface area is 227 Å². The molecular weight excluding hydrogens is 494 g/mol. The molecule has 2 aliphatic rings. The Morgan fingerprint density at radius 2 is 1.62 bits per heavy atom. The molecule has 0 spiro atoms. The van der Waals surface area contributed by atoms with Crippen LogP contribution in [0.4, 0.5) is 17.2 Å². The molecule has 9 nitrogen and oxygen atoms in total. The number of fused-ring (bicyclic) bond motifs is 1. The van der Waals surface area contributed by atoms with Crippen LogP contribution in [0.2, 0.25) is 0 Å². The van der Waals surface area contributed by atoms with Crippen molar-refractivity contribution in [3.63, 3.8) is 0 Å². The van der Waals surface area contributed by atoms with E-state index in [-0.39, 0.29) is 5.91 Å². The molecule has 3 aromatic carbocycles. The molecule has 1 saturated carbocycles. The molecule has 200 valence electrons. The number of carbonyl (C=O) groups excluding carboxylic acids is 1. The number of ether oxygens (including phenoxy) is 3. The highest BCUT2D eigenvalue weighted by molar-refractivity contribution is 5.96. The van der Waals surface area contributed by atoms with Crippen molar-refractivity contribution in [2.75, 3.05) is 50.7 Å². The molecule has 9 heteroatoms. The number of hydrogen-bond acceptors (Lipinski definition) is 8. The Kier molecular flexibility index (Phi) is 6.89. The van der Waals surface area contributed by atoms with Crippen LogP contribution in [0.25, 0.3) is 22.3 Å². The Morgan fingerprint density at radius 3 is 2.28 bits per heavy atom. The normalized spacial score (nSPS) is 15.2.